The molecule has 0 saturated carbocycles. The average Bonchev–Trinajstić information content (AvgIpc) is 2.30. The SMILES string of the molecule is N#CC(C#N)=NNc1ccccc1C(N)=O. The highest BCUT2D eigenvalue weighted by molar-refractivity contribution is 6.10. The molecule has 6 nitrogen and oxygen atoms in total. The van der Waals surface area contributed by atoms with Crippen LogP contribution in [-0.2, 0) is 0 Å². The van der Waals surface area contributed by atoms with Crippen molar-refractivity contribution in [2.45, 2.75) is 0 Å². The molecule has 0 spiro atoms. The third kappa shape index (κ3) is 2.56. The number of nitrogens with zero attached hydrogens (tertiary/aromatic N) is 3. The number of nitrogens with one attached hydrogen (secondary N) is 1. The Morgan fingerprint density at radius 3 is 2.50 bits per heavy atom. The van der Waals surface area contributed by atoms with E-state index in [1.54, 1.807) is 30.3 Å². The summed E-state index contributed by atoms with van der Waals surface area (Å²) in [5.41, 5.74) is 7.82. The van der Waals surface area contributed by atoms with Crippen LogP contribution in [0.3, 0.4) is 0 Å². The highest BCUT2D eigenvalue weighted by Crippen LogP contribution is 2.13. The molecule has 0 aromatic heterocycles. The van der Waals surface area contributed by atoms with Gasteiger partial charge in [0.25, 0.3) is 5.91 Å². The number of primary amides is 1. The minimum Gasteiger partial charge on any atom is -0.366 e. The van der Waals surface area contributed by atoms with Gasteiger partial charge in [-0.3, -0.25) is 10.2 Å². The van der Waals surface area contributed by atoms with Crippen molar-refractivity contribution in [3.8, 4) is 12.1 Å². The lowest BCUT2D eigenvalue weighted by Crippen LogP contribution is -2.13. The van der Waals surface area contributed by atoms with Gasteiger partial charge in [0.05, 0.1) is 11.3 Å². The van der Waals surface area contributed by atoms with Gasteiger partial charge in [-0.1, -0.05) is 12.1 Å². The molecule has 3 N–H and O–H groups in total. The first-order valence-electron chi connectivity index (χ1n) is 4.21. The Balaban J connectivity index is 3.00. The van der Waals surface area contributed by atoms with E-state index in [0.29, 0.717) is 5.69 Å². The monoisotopic (exact) mass is 213 g/mol. The second kappa shape index (κ2) is 5.13. The number of hydrazone groups is 1. The number of benzene rings is 1. The van der Waals surface area contributed by atoms with Crippen LogP contribution in [0.15, 0.2) is 29.4 Å². The molecule has 1 aromatic rings. The number of carbonyl (C=O) groups excluding carboxylic acids is 1. The topological polar surface area (TPSA) is 115 Å². The summed E-state index contributed by atoms with van der Waals surface area (Å²) >= 11 is 0. The molecule has 6 heteroatoms. The molecule has 0 heterocycles. The number of nitrogens with two attached hydrogens (primary N) is 1. The van der Waals surface area contributed by atoms with Crippen molar-refractivity contribution in [1.29, 1.82) is 10.5 Å². The normalized spacial score (nSPS) is 8.38. The van der Waals surface area contributed by atoms with Crippen molar-refractivity contribution in [3.05, 3.63) is 29.8 Å². The lowest BCUT2D eigenvalue weighted by molar-refractivity contribution is 0.100. The minimum atomic E-state index is -0.617. The molecule has 0 aliphatic heterocycles. The molecule has 0 saturated heterocycles. The fraction of sp³-hybridized carbons (Fsp3) is 0. The van der Waals surface area contributed by atoms with Crippen LogP contribution in [-0.4, -0.2) is 11.6 Å². The zero-order chi connectivity index (χ0) is 12.0. The fourth-order valence-corrected chi connectivity index (χ4v) is 0.987. The van der Waals surface area contributed by atoms with Gasteiger partial charge in [-0.2, -0.15) is 15.6 Å². The summed E-state index contributed by atoms with van der Waals surface area (Å²) in [5.74, 6) is -0.617. The summed E-state index contributed by atoms with van der Waals surface area (Å²) < 4.78 is 0. The van der Waals surface area contributed by atoms with Crippen LogP contribution in [0.5, 0.6) is 0 Å². The summed E-state index contributed by atoms with van der Waals surface area (Å²) in [6, 6.07) is 9.55. The molecule has 0 fully saturated rings. The zero-order valence-electron chi connectivity index (χ0n) is 8.14. The summed E-state index contributed by atoms with van der Waals surface area (Å²) in [4.78, 5) is 11.0. The van der Waals surface area contributed by atoms with Crippen LogP contribution in [0, 0.1) is 22.7 Å². The van der Waals surface area contributed by atoms with Gasteiger partial charge in [-0.15, -0.1) is 0 Å². The number of rotatable bonds is 3. The maximum absolute atomic E-state index is 11.0. The Labute approximate surface area is 91.6 Å². The van der Waals surface area contributed by atoms with Gasteiger partial charge in [-0.05, 0) is 12.1 Å². The second-order valence-corrected chi connectivity index (χ2v) is 2.71. The largest absolute Gasteiger partial charge is 0.366 e. The predicted octanol–water partition coefficient (Wildman–Crippen LogP) is 0.601. The second-order valence-electron chi connectivity index (χ2n) is 2.71. The number of hydrogen-bond acceptors (Lipinski definition) is 5. The van der Waals surface area contributed by atoms with E-state index >= 15 is 0 Å². The van der Waals surface area contributed by atoms with Gasteiger partial charge < -0.3 is 5.73 Å². The van der Waals surface area contributed by atoms with Crippen molar-refractivity contribution in [2.24, 2.45) is 10.8 Å². The summed E-state index contributed by atoms with van der Waals surface area (Å²) in [7, 11) is 0. The third-order valence-electron chi connectivity index (χ3n) is 1.69. The molecule has 16 heavy (non-hydrogen) atoms. The summed E-state index contributed by atoms with van der Waals surface area (Å²) in [6.07, 6.45) is 0. The first-order valence-corrected chi connectivity index (χ1v) is 4.21. The van der Waals surface area contributed by atoms with Crippen molar-refractivity contribution < 1.29 is 4.79 Å². The zero-order valence-corrected chi connectivity index (χ0v) is 8.14. The van der Waals surface area contributed by atoms with Gasteiger partial charge in [0.15, 0.2) is 0 Å². The van der Waals surface area contributed by atoms with Crippen molar-refractivity contribution >= 4 is 17.3 Å². The Hall–Kier alpha value is -2.86. The number of hydrogen-bond donors (Lipinski definition) is 2. The van der Waals surface area contributed by atoms with E-state index in [9.17, 15) is 4.79 Å². The maximum Gasteiger partial charge on any atom is 0.250 e. The van der Waals surface area contributed by atoms with Gasteiger partial charge >= 0.3 is 0 Å². The quantitative estimate of drug-likeness (QED) is 0.564. The van der Waals surface area contributed by atoms with Gasteiger partial charge in [0.1, 0.15) is 12.1 Å². The fourth-order valence-electron chi connectivity index (χ4n) is 0.987. The Kier molecular flexibility index (Phi) is 3.59. The molecule has 78 valence electrons. The lowest BCUT2D eigenvalue weighted by atomic mass is 10.2. The smallest absolute Gasteiger partial charge is 0.250 e. The van der Waals surface area contributed by atoms with E-state index in [0.717, 1.165) is 0 Å². The molecule has 0 aliphatic rings. The van der Waals surface area contributed by atoms with E-state index in [4.69, 9.17) is 16.3 Å². The summed E-state index contributed by atoms with van der Waals surface area (Å²) in [5, 5.41) is 20.4. The Morgan fingerprint density at radius 1 is 1.31 bits per heavy atom. The van der Waals surface area contributed by atoms with Crippen LogP contribution in [0.2, 0.25) is 0 Å². The van der Waals surface area contributed by atoms with Crippen LogP contribution in [0.1, 0.15) is 10.4 Å². The number of amides is 1. The Bertz CT molecular complexity index is 505. The van der Waals surface area contributed by atoms with Crippen LogP contribution in [0.4, 0.5) is 5.69 Å². The highest BCUT2D eigenvalue weighted by Gasteiger charge is 2.06. The Morgan fingerprint density at radius 2 is 1.94 bits per heavy atom. The first-order chi connectivity index (χ1) is 7.69. The number of para-hydroxylation sites is 1. The van der Waals surface area contributed by atoms with E-state index < -0.39 is 5.91 Å². The standard InChI is InChI=1S/C10H7N5O/c11-5-7(6-12)14-15-9-4-2-1-3-8(9)10(13)16/h1-4,15H,(H2,13,16). The predicted molar refractivity (Wildman–Crippen MR) is 57.2 cm³/mol. The highest BCUT2D eigenvalue weighted by atomic mass is 16.1. The van der Waals surface area contributed by atoms with E-state index in [2.05, 4.69) is 10.5 Å². The molecule has 1 aromatic carbocycles. The average molecular weight is 213 g/mol. The van der Waals surface area contributed by atoms with Gasteiger partial charge in [0.2, 0.25) is 5.71 Å². The van der Waals surface area contributed by atoms with Crippen molar-refractivity contribution in [3.63, 3.8) is 0 Å². The number of nitriles is 2. The van der Waals surface area contributed by atoms with Crippen LogP contribution in [0.25, 0.3) is 0 Å². The lowest BCUT2D eigenvalue weighted by Gasteiger charge is -2.04. The van der Waals surface area contributed by atoms with Gasteiger partial charge in [-0.25, -0.2) is 0 Å². The molecule has 1 amide bonds. The molecule has 0 atom stereocenters. The van der Waals surface area contributed by atoms with Crippen LogP contribution >= 0.6 is 0 Å². The van der Waals surface area contributed by atoms with Gasteiger partial charge in [0, 0.05) is 0 Å². The summed E-state index contributed by atoms with van der Waals surface area (Å²) in [6.45, 7) is 0. The first kappa shape index (κ1) is 11.2. The van der Waals surface area contributed by atoms with E-state index in [1.807, 2.05) is 0 Å². The minimum absolute atomic E-state index is 0.237. The molecular formula is C10H7N5O. The molecule has 0 radical (unpaired) electrons. The van der Waals surface area contributed by atoms with E-state index in [-0.39, 0.29) is 11.3 Å². The van der Waals surface area contributed by atoms with Crippen molar-refractivity contribution in [2.75, 3.05) is 5.43 Å². The maximum atomic E-state index is 11.0. The van der Waals surface area contributed by atoms with Crippen molar-refractivity contribution in [1.82, 2.24) is 0 Å². The number of carbonyl (C=O) groups is 1. The molecule has 0 aliphatic carbocycles. The molecule has 1 rings (SSSR count). The van der Waals surface area contributed by atoms with Crippen LogP contribution < -0.4 is 11.2 Å². The van der Waals surface area contributed by atoms with E-state index in [1.165, 1.54) is 6.07 Å². The number of anilines is 1. The molecule has 0 bridgehead atoms. The molecular weight excluding hydrogens is 206 g/mol. The third-order valence-corrected chi connectivity index (χ3v) is 1.69. The molecule has 0 unspecified atom stereocenters.